The van der Waals surface area contributed by atoms with Gasteiger partial charge >= 0.3 is 0 Å². The van der Waals surface area contributed by atoms with Gasteiger partial charge in [-0.3, -0.25) is 0 Å². The lowest BCUT2D eigenvalue weighted by Crippen LogP contribution is -2.31. The van der Waals surface area contributed by atoms with E-state index in [0.29, 0.717) is 11.9 Å². The van der Waals surface area contributed by atoms with Gasteiger partial charge in [-0.2, -0.15) is 0 Å². The van der Waals surface area contributed by atoms with Crippen LogP contribution in [0, 0.1) is 0 Å². The normalized spacial score (nSPS) is 12.3. The van der Waals surface area contributed by atoms with Gasteiger partial charge in [0.05, 0.1) is 0 Å². The molecule has 3 heteroatoms. The molecule has 1 atom stereocenters. The molecule has 0 N–H and O–H groups in total. The average Bonchev–Trinajstić information content (AvgIpc) is 2.15. The van der Waals surface area contributed by atoms with Crippen LogP contribution in [0.4, 0.5) is 0 Å². The van der Waals surface area contributed by atoms with Crippen LogP contribution >= 0.6 is 24.0 Å². The molecule has 1 aromatic carbocycles. The van der Waals surface area contributed by atoms with Gasteiger partial charge in [0.1, 0.15) is 0 Å². The van der Waals surface area contributed by atoms with Gasteiger partial charge in [-0.15, -0.1) is 24.0 Å². The Labute approximate surface area is 97.5 Å². The van der Waals surface area contributed by atoms with Crippen molar-refractivity contribution in [2.75, 3.05) is 20.0 Å². The lowest BCUT2D eigenvalue weighted by Gasteiger charge is -2.21. The number of hydrogen-bond donors (Lipinski definition) is 0. The monoisotopic (exact) mass is 233 g/mol. The average molecular weight is 234 g/mol. The molecule has 1 aromatic rings. The van der Waals surface area contributed by atoms with E-state index >= 15 is 0 Å². The molecule has 1 nitrogen and oxygen atoms in total. The van der Waals surface area contributed by atoms with Crippen molar-refractivity contribution in [2.24, 2.45) is 0 Å². The molecule has 0 radical (unpaired) electrons. The molecular formula is C11H17Cl2N. The Balaban J connectivity index is 0.00000169. The summed E-state index contributed by atoms with van der Waals surface area (Å²) in [6.07, 6.45) is 1.03. The fraction of sp³-hybridized carbons (Fsp3) is 0.455. The summed E-state index contributed by atoms with van der Waals surface area (Å²) in [4.78, 5) is 2.17. The first-order valence-corrected chi connectivity index (χ1v) is 5.04. The summed E-state index contributed by atoms with van der Waals surface area (Å²) < 4.78 is 0. The van der Waals surface area contributed by atoms with Crippen molar-refractivity contribution >= 4 is 24.0 Å². The molecule has 0 bridgehead atoms. The first-order chi connectivity index (χ1) is 6.24. The van der Waals surface area contributed by atoms with E-state index in [0.717, 1.165) is 6.42 Å². The van der Waals surface area contributed by atoms with Gasteiger partial charge in [0.2, 0.25) is 0 Å². The highest BCUT2D eigenvalue weighted by molar-refractivity contribution is 6.18. The maximum Gasteiger partial charge on any atom is 0.0382 e. The standard InChI is InChI=1S/C11H16ClN.ClH/c1-13(2)11(9-12)8-10-6-4-3-5-7-10;/h3-7,11H,8-9H2,1-2H3;1H/t11-;/m1./s1. The Morgan fingerprint density at radius 3 is 2.21 bits per heavy atom. The molecule has 0 aliphatic heterocycles. The van der Waals surface area contributed by atoms with Crippen molar-refractivity contribution in [3.8, 4) is 0 Å². The molecule has 1 rings (SSSR count). The van der Waals surface area contributed by atoms with E-state index in [4.69, 9.17) is 11.6 Å². The smallest absolute Gasteiger partial charge is 0.0382 e. The van der Waals surface area contributed by atoms with Gasteiger partial charge in [0, 0.05) is 11.9 Å². The number of rotatable bonds is 4. The highest BCUT2D eigenvalue weighted by Gasteiger charge is 2.09. The molecule has 14 heavy (non-hydrogen) atoms. The topological polar surface area (TPSA) is 3.24 Å². The van der Waals surface area contributed by atoms with Gasteiger partial charge in [0.25, 0.3) is 0 Å². The number of benzene rings is 1. The molecule has 0 amide bonds. The van der Waals surface area contributed by atoms with E-state index in [1.54, 1.807) is 0 Å². The Kier molecular flexibility index (Phi) is 6.98. The summed E-state index contributed by atoms with van der Waals surface area (Å²) in [5, 5.41) is 0. The second-order valence-corrected chi connectivity index (χ2v) is 3.77. The van der Waals surface area contributed by atoms with Crippen LogP contribution in [-0.2, 0) is 6.42 Å². The van der Waals surface area contributed by atoms with Crippen LogP contribution < -0.4 is 0 Å². The van der Waals surface area contributed by atoms with Crippen LogP contribution in [0.2, 0.25) is 0 Å². The van der Waals surface area contributed by atoms with Crippen molar-refractivity contribution in [1.82, 2.24) is 4.90 Å². The SMILES string of the molecule is CN(C)[C@@H](CCl)Cc1ccccc1.Cl. The number of alkyl halides is 1. The zero-order valence-electron chi connectivity index (χ0n) is 8.61. The second-order valence-electron chi connectivity index (χ2n) is 3.46. The number of likely N-dealkylation sites (N-methyl/N-ethyl adjacent to an activating group) is 1. The highest BCUT2D eigenvalue weighted by Crippen LogP contribution is 2.07. The summed E-state index contributed by atoms with van der Waals surface area (Å²) in [5.41, 5.74) is 1.35. The van der Waals surface area contributed by atoms with E-state index in [9.17, 15) is 0 Å². The van der Waals surface area contributed by atoms with Gasteiger partial charge in [-0.05, 0) is 26.1 Å². The van der Waals surface area contributed by atoms with E-state index in [1.165, 1.54) is 5.56 Å². The lowest BCUT2D eigenvalue weighted by atomic mass is 10.1. The minimum absolute atomic E-state index is 0. The van der Waals surface area contributed by atoms with E-state index < -0.39 is 0 Å². The number of nitrogens with zero attached hydrogens (tertiary/aromatic N) is 1. The van der Waals surface area contributed by atoms with Gasteiger partial charge < -0.3 is 4.90 Å². The van der Waals surface area contributed by atoms with Crippen LogP contribution in [0.15, 0.2) is 30.3 Å². The van der Waals surface area contributed by atoms with Crippen LogP contribution in [0.25, 0.3) is 0 Å². The Hall–Kier alpha value is -0.240. The van der Waals surface area contributed by atoms with E-state index in [-0.39, 0.29) is 12.4 Å². The Morgan fingerprint density at radius 1 is 1.21 bits per heavy atom. The summed E-state index contributed by atoms with van der Waals surface area (Å²) in [6.45, 7) is 0. The minimum Gasteiger partial charge on any atom is -0.305 e. The summed E-state index contributed by atoms with van der Waals surface area (Å²) in [7, 11) is 4.13. The first-order valence-electron chi connectivity index (χ1n) is 4.50. The summed E-state index contributed by atoms with van der Waals surface area (Å²) in [5.74, 6) is 0.682. The minimum atomic E-state index is 0. The molecular weight excluding hydrogens is 217 g/mol. The predicted octanol–water partition coefficient (Wildman–Crippen LogP) is 2.82. The highest BCUT2D eigenvalue weighted by atomic mass is 35.5. The third kappa shape index (κ3) is 4.32. The van der Waals surface area contributed by atoms with Gasteiger partial charge in [-0.1, -0.05) is 30.3 Å². The van der Waals surface area contributed by atoms with E-state index in [1.807, 2.05) is 6.07 Å². The quantitative estimate of drug-likeness (QED) is 0.724. The fourth-order valence-electron chi connectivity index (χ4n) is 1.26. The maximum absolute atomic E-state index is 5.87. The summed E-state index contributed by atoms with van der Waals surface area (Å²) in [6, 6.07) is 10.9. The third-order valence-electron chi connectivity index (χ3n) is 2.22. The molecule has 0 saturated carbocycles. The fourth-order valence-corrected chi connectivity index (χ4v) is 1.65. The molecule has 0 aliphatic rings. The zero-order valence-corrected chi connectivity index (χ0v) is 10.2. The third-order valence-corrected chi connectivity index (χ3v) is 2.58. The van der Waals surface area contributed by atoms with Crippen LogP contribution in [0.5, 0.6) is 0 Å². The van der Waals surface area contributed by atoms with Crippen LogP contribution in [-0.4, -0.2) is 30.9 Å². The molecule has 80 valence electrons. The van der Waals surface area contributed by atoms with Crippen molar-refractivity contribution in [3.05, 3.63) is 35.9 Å². The molecule has 0 heterocycles. The lowest BCUT2D eigenvalue weighted by molar-refractivity contribution is 0.315. The zero-order chi connectivity index (χ0) is 9.68. The Bertz CT molecular complexity index is 236. The van der Waals surface area contributed by atoms with Crippen molar-refractivity contribution < 1.29 is 0 Å². The molecule has 0 fully saturated rings. The molecule has 0 aliphatic carbocycles. The molecule has 0 saturated heterocycles. The number of hydrogen-bond acceptors (Lipinski definition) is 1. The van der Waals surface area contributed by atoms with Crippen LogP contribution in [0.1, 0.15) is 5.56 Å². The predicted molar refractivity (Wildman–Crippen MR) is 65.6 cm³/mol. The molecule has 0 unspecified atom stereocenters. The van der Waals surface area contributed by atoms with Crippen molar-refractivity contribution in [1.29, 1.82) is 0 Å². The maximum atomic E-state index is 5.87. The largest absolute Gasteiger partial charge is 0.305 e. The first kappa shape index (κ1) is 13.8. The van der Waals surface area contributed by atoms with Gasteiger partial charge in [-0.25, -0.2) is 0 Å². The van der Waals surface area contributed by atoms with Crippen molar-refractivity contribution in [2.45, 2.75) is 12.5 Å². The van der Waals surface area contributed by atoms with E-state index in [2.05, 4.69) is 43.3 Å². The molecule has 0 aromatic heterocycles. The van der Waals surface area contributed by atoms with Crippen molar-refractivity contribution in [3.63, 3.8) is 0 Å². The second kappa shape index (κ2) is 7.10. The summed E-state index contributed by atoms with van der Waals surface area (Å²) >= 11 is 5.87. The van der Waals surface area contributed by atoms with Crippen LogP contribution in [0.3, 0.4) is 0 Å². The van der Waals surface area contributed by atoms with Gasteiger partial charge in [0.15, 0.2) is 0 Å². The molecule has 0 spiro atoms. The Morgan fingerprint density at radius 2 is 1.79 bits per heavy atom. The number of halogens is 2.